The zero-order valence-electron chi connectivity index (χ0n) is 9.52. The summed E-state index contributed by atoms with van der Waals surface area (Å²) in [5.41, 5.74) is -1.45. The second-order valence-corrected chi connectivity index (χ2v) is 4.19. The van der Waals surface area contributed by atoms with Gasteiger partial charge in [0.1, 0.15) is 5.82 Å². The summed E-state index contributed by atoms with van der Waals surface area (Å²) in [6.45, 7) is 0. The first-order chi connectivity index (χ1) is 8.41. The van der Waals surface area contributed by atoms with Crippen molar-refractivity contribution in [1.82, 2.24) is 4.90 Å². The minimum atomic E-state index is -1.21. The van der Waals surface area contributed by atoms with Crippen molar-refractivity contribution >= 4 is 11.6 Å². The maximum absolute atomic E-state index is 13.6. The molecular formula is C11H10F2N2O3. The molecule has 1 aliphatic carbocycles. The monoisotopic (exact) mass is 256 g/mol. The number of carbonyl (C=O) groups excluding carboxylic acids is 1. The molecule has 0 N–H and O–H groups in total. The molecule has 1 aromatic carbocycles. The average Bonchev–Trinajstić information content (AvgIpc) is 3.13. The van der Waals surface area contributed by atoms with Gasteiger partial charge in [-0.1, -0.05) is 0 Å². The van der Waals surface area contributed by atoms with Crippen molar-refractivity contribution in [2.24, 2.45) is 0 Å². The second kappa shape index (κ2) is 4.32. The van der Waals surface area contributed by atoms with Crippen molar-refractivity contribution in [1.29, 1.82) is 0 Å². The Bertz CT molecular complexity index is 529. The first-order valence-corrected chi connectivity index (χ1v) is 5.32. The molecule has 0 saturated heterocycles. The third-order valence-electron chi connectivity index (χ3n) is 2.88. The van der Waals surface area contributed by atoms with Crippen molar-refractivity contribution in [3.63, 3.8) is 0 Å². The van der Waals surface area contributed by atoms with Crippen LogP contribution in [0.3, 0.4) is 0 Å². The molecule has 7 heteroatoms. The summed E-state index contributed by atoms with van der Waals surface area (Å²) in [6.07, 6.45) is 1.67. The molecule has 0 radical (unpaired) electrons. The second-order valence-electron chi connectivity index (χ2n) is 4.19. The highest BCUT2D eigenvalue weighted by atomic mass is 19.1. The summed E-state index contributed by atoms with van der Waals surface area (Å²) >= 11 is 0. The van der Waals surface area contributed by atoms with Crippen molar-refractivity contribution in [2.75, 3.05) is 7.05 Å². The molecule has 1 fully saturated rings. The molecule has 1 aliphatic rings. The van der Waals surface area contributed by atoms with Crippen molar-refractivity contribution in [2.45, 2.75) is 18.9 Å². The number of nitrogens with zero attached hydrogens (tertiary/aromatic N) is 2. The Morgan fingerprint density at radius 2 is 2.00 bits per heavy atom. The van der Waals surface area contributed by atoms with E-state index in [1.807, 2.05) is 0 Å². The van der Waals surface area contributed by atoms with Gasteiger partial charge in [-0.25, -0.2) is 4.39 Å². The van der Waals surface area contributed by atoms with Gasteiger partial charge in [0.25, 0.3) is 5.91 Å². The third-order valence-corrected chi connectivity index (χ3v) is 2.88. The smallest absolute Gasteiger partial charge is 0.307 e. The molecule has 0 atom stereocenters. The molecule has 1 aromatic rings. The van der Waals surface area contributed by atoms with Crippen LogP contribution >= 0.6 is 0 Å². The van der Waals surface area contributed by atoms with E-state index in [9.17, 15) is 23.7 Å². The standard InChI is InChI=1S/C11H10F2N2O3/c1-14(6-2-3-6)11(16)7-4-9(13)10(15(17)18)5-8(7)12/h4-6H,2-3H2,1H3. The Morgan fingerprint density at radius 3 is 2.50 bits per heavy atom. The van der Waals surface area contributed by atoms with Crippen molar-refractivity contribution in [3.8, 4) is 0 Å². The Labute approximate surface area is 101 Å². The lowest BCUT2D eigenvalue weighted by Crippen LogP contribution is -2.29. The number of amides is 1. The summed E-state index contributed by atoms with van der Waals surface area (Å²) in [5, 5.41) is 10.4. The molecule has 96 valence electrons. The fraction of sp³-hybridized carbons (Fsp3) is 0.364. The number of carbonyl (C=O) groups is 1. The third kappa shape index (κ3) is 2.15. The van der Waals surface area contributed by atoms with E-state index in [0.717, 1.165) is 12.8 Å². The van der Waals surface area contributed by atoms with E-state index in [-0.39, 0.29) is 6.04 Å². The SMILES string of the molecule is CN(C(=O)c1cc(F)c([N+](=O)[O-])cc1F)C1CC1. The van der Waals surface area contributed by atoms with Gasteiger partial charge in [0.05, 0.1) is 16.6 Å². The largest absolute Gasteiger partial charge is 0.339 e. The molecular weight excluding hydrogens is 246 g/mol. The van der Waals surface area contributed by atoms with Crippen LogP contribution < -0.4 is 0 Å². The Kier molecular flexibility index (Phi) is 2.98. The lowest BCUT2D eigenvalue weighted by atomic mass is 10.1. The van der Waals surface area contributed by atoms with Gasteiger partial charge in [-0.2, -0.15) is 4.39 Å². The zero-order valence-corrected chi connectivity index (χ0v) is 9.52. The van der Waals surface area contributed by atoms with Crippen LogP contribution in [0.5, 0.6) is 0 Å². The maximum atomic E-state index is 13.6. The van der Waals surface area contributed by atoms with E-state index in [2.05, 4.69) is 0 Å². The topological polar surface area (TPSA) is 63.5 Å². The van der Waals surface area contributed by atoms with Crippen molar-refractivity contribution < 1.29 is 18.5 Å². The predicted octanol–water partition coefficient (Wildman–Crippen LogP) is 2.11. The molecule has 0 aromatic heterocycles. The van der Waals surface area contributed by atoms with Gasteiger partial charge in [0.2, 0.25) is 5.82 Å². The normalized spacial score (nSPS) is 14.4. The van der Waals surface area contributed by atoms with Crippen LogP contribution in [0.1, 0.15) is 23.2 Å². The summed E-state index contributed by atoms with van der Waals surface area (Å²) in [7, 11) is 1.50. The van der Waals surface area contributed by atoms with Crippen molar-refractivity contribution in [3.05, 3.63) is 39.4 Å². The summed E-state index contributed by atoms with van der Waals surface area (Å²) in [4.78, 5) is 22.5. The van der Waals surface area contributed by atoms with Gasteiger partial charge < -0.3 is 4.90 Å². The molecule has 5 nitrogen and oxygen atoms in total. The summed E-state index contributed by atoms with van der Waals surface area (Å²) in [6, 6.07) is 1.06. The predicted molar refractivity (Wildman–Crippen MR) is 58.1 cm³/mol. The first-order valence-electron chi connectivity index (χ1n) is 5.32. The van der Waals surface area contributed by atoms with Gasteiger partial charge in [0.15, 0.2) is 0 Å². The number of halogens is 2. The fourth-order valence-electron chi connectivity index (χ4n) is 1.66. The lowest BCUT2D eigenvalue weighted by molar-refractivity contribution is -0.387. The number of nitro benzene ring substituents is 1. The molecule has 1 amide bonds. The van der Waals surface area contributed by atoms with Gasteiger partial charge >= 0.3 is 5.69 Å². The number of nitro groups is 1. The minimum absolute atomic E-state index is 0.0511. The Hall–Kier alpha value is -2.05. The highest BCUT2D eigenvalue weighted by molar-refractivity contribution is 5.95. The molecule has 1 saturated carbocycles. The van der Waals surface area contributed by atoms with Crippen LogP contribution in [0.15, 0.2) is 12.1 Å². The summed E-state index contributed by atoms with van der Waals surface area (Å²) in [5.74, 6) is -2.96. The van der Waals surface area contributed by atoms with Crippen LogP contribution in [0.25, 0.3) is 0 Å². The van der Waals surface area contributed by atoms with E-state index >= 15 is 0 Å². The zero-order chi connectivity index (χ0) is 13.4. The van der Waals surface area contributed by atoms with E-state index in [1.54, 1.807) is 0 Å². The van der Waals surface area contributed by atoms with Gasteiger partial charge in [-0.15, -0.1) is 0 Å². The fourth-order valence-corrected chi connectivity index (χ4v) is 1.66. The highest BCUT2D eigenvalue weighted by Crippen LogP contribution is 2.28. The van der Waals surface area contributed by atoms with Crippen LogP contribution in [0.4, 0.5) is 14.5 Å². The van der Waals surface area contributed by atoms with Crippen LogP contribution in [-0.2, 0) is 0 Å². The maximum Gasteiger partial charge on any atom is 0.307 e. The highest BCUT2D eigenvalue weighted by Gasteiger charge is 2.32. The average molecular weight is 256 g/mol. The van der Waals surface area contributed by atoms with Crippen LogP contribution in [0.2, 0.25) is 0 Å². The number of hydrogen-bond acceptors (Lipinski definition) is 3. The molecule has 0 spiro atoms. The van der Waals surface area contributed by atoms with Gasteiger partial charge in [-0.05, 0) is 18.9 Å². The summed E-state index contributed by atoms with van der Waals surface area (Å²) < 4.78 is 26.9. The molecule has 18 heavy (non-hydrogen) atoms. The number of benzene rings is 1. The Morgan fingerprint density at radius 1 is 1.39 bits per heavy atom. The molecule has 2 rings (SSSR count). The van der Waals surface area contributed by atoms with E-state index in [0.29, 0.717) is 12.1 Å². The number of rotatable bonds is 3. The molecule has 0 bridgehead atoms. The van der Waals surface area contributed by atoms with E-state index in [1.165, 1.54) is 11.9 Å². The quantitative estimate of drug-likeness (QED) is 0.614. The van der Waals surface area contributed by atoms with Gasteiger partial charge in [0, 0.05) is 13.1 Å². The van der Waals surface area contributed by atoms with Crippen LogP contribution in [-0.4, -0.2) is 28.8 Å². The van der Waals surface area contributed by atoms with E-state index < -0.39 is 33.7 Å². The molecule has 0 unspecified atom stereocenters. The van der Waals surface area contributed by atoms with Gasteiger partial charge in [-0.3, -0.25) is 14.9 Å². The Balaban J connectivity index is 2.36. The first kappa shape index (κ1) is 12.4. The number of hydrogen-bond donors (Lipinski definition) is 0. The van der Waals surface area contributed by atoms with E-state index in [4.69, 9.17) is 0 Å². The van der Waals surface area contributed by atoms with Crippen LogP contribution in [0, 0.1) is 21.7 Å². The molecule has 0 heterocycles. The minimum Gasteiger partial charge on any atom is -0.339 e. The lowest BCUT2D eigenvalue weighted by Gasteiger charge is -2.16. The molecule has 0 aliphatic heterocycles.